The second-order valence-electron chi connectivity index (χ2n) is 3.08. The van der Waals surface area contributed by atoms with E-state index in [0.717, 1.165) is 5.56 Å². The molecule has 0 spiro atoms. The largest absolute Gasteiger partial charge is 0.485 e. The third-order valence-electron chi connectivity index (χ3n) is 1.97. The van der Waals surface area contributed by atoms with Crippen LogP contribution >= 0.6 is 12.9 Å². The third kappa shape index (κ3) is 3.78. The maximum atomic E-state index is 12.4. The fraction of sp³-hybridized carbons (Fsp3) is 0.333. The second-order valence-corrected chi connectivity index (χ2v) is 6.32. The molecule has 0 aliphatic heterocycles. The molecule has 0 radical (unpaired) electrons. The van der Waals surface area contributed by atoms with Gasteiger partial charge in [0.2, 0.25) is 0 Å². The van der Waals surface area contributed by atoms with Crippen molar-refractivity contribution in [1.82, 2.24) is 0 Å². The average molecular weight is 277 g/mol. The molecule has 5 heteroatoms. The third-order valence-corrected chi connectivity index (χ3v) is 5.44. The zero-order valence-corrected chi connectivity index (χ0v) is 10.4. The highest BCUT2D eigenvalue weighted by Gasteiger charge is 2.38. The van der Waals surface area contributed by atoms with E-state index in [1.165, 1.54) is 0 Å². The van der Waals surface area contributed by atoms with E-state index in [0.29, 0.717) is 0 Å². The van der Waals surface area contributed by atoms with Crippen molar-refractivity contribution in [3.63, 3.8) is 0 Å². The van der Waals surface area contributed by atoms with E-state index < -0.39 is 28.4 Å². The maximum Gasteiger partial charge on any atom is 0.485 e. The van der Waals surface area contributed by atoms with Crippen molar-refractivity contribution in [1.29, 1.82) is 0 Å². The number of alkyl halides is 3. The van der Waals surface area contributed by atoms with Crippen LogP contribution in [-0.2, 0) is 6.42 Å². The molecule has 0 saturated heterocycles. The zero-order chi connectivity index (χ0) is 10.6. The standard InChI is InChI=1S/C9H8F3.BrH.Mg/c10-9(11,12)7-6-8-4-2-1-3-5-8;;/h1-5,7H,6H2;1H;/q;;+1/p-1. The summed E-state index contributed by atoms with van der Waals surface area (Å²) in [5.41, 5.74) is 0.752. The lowest BCUT2D eigenvalue weighted by Crippen LogP contribution is -2.22. The van der Waals surface area contributed by atoms with Crippen LogP contribution in [0.4, 0.5) is 13.2 Å². The number of hydrogen-bond donors (Lipinski definition) is 0. The number of halogens is 4. The van der Waals surface area contributed by atoms with Crippen molar-refractivity contribution in [2.24, 2.45) is 0 Å². The van der Waals surface area contributed by atoms with Crippen molar-refractivity contribution in [3.05, 3.63) is 35.9 Å². The van der Waals surface area contributed by atoms with Gasteiger partial charge in [0, 0.05) is 0 Å². The molecule has 1 rings (SSSR count). The first-order valence-electron chi connectivity index (χ1n) is 4.20. The number of hydrogen-bond acceptors (Lipinski definition) is 0. The Balaban J connectivity index is 2.67. The van der Waals surface area contributed by atoms with Crippen molar-refractivity contribution < 1.29 is 13.2 Å². The molecule has 0 aliphatic rings. The molecule has 0 fully saturated rings. The van der Waals surface area contributed by atoms with Crippen molar-refractivity contribution in [2.75, 3.05) is 0 Å². The van der Waals surface area contributed by atoms with Gasteiger partial charge in [-0.3, -0.25) is 0 Å². The Bertz CT molecular complexity index is 273. The minimum absolute atomic E-state index is 0.0990. The van der Waals surface area contributed by atoms with Gasteiger partial charge in [-0.2, -0.15) is 13.2 Å². The highest BCUT2D eigenvalue weighted by atomic mass is 79.9. The summed E-state index contributed by atoms with van der Waals surface area (Å²) in [6.45, 7) is 0. The highest BCUT2D eigenvalue weighted by molar-refractivity contribution is 9.23. The molecule has 1 atom stereocenters. The van der Waals surface area contributed by atoms with Gasteiger partial charge in [-0.25, -0.2) is 0 Å². The first-order valence-corrected chi connectivity index (χ1v) is 8.92. The summed E-state index contributed by atoms with van der Waals surface area (Å²) in [7, 11) is 0. The van der Waals surface area contributed by atoms with E-state index >= 15 is 0 Å². The Morgan fingerprint density at radius 2 is 1.79 bits per heavy atom. The van der Waals surface area contributed by atoms with E-state index in [9.17, 15) is 13.2 Å². The second kappa shape index (κ2) is 5.37. The van der Waals surface area contributed by atoms with Crippen LogP contribution < -0.4 is 0 Å². The summed E-state index contributed by atoms with van der Waals surface area (Å²) < 4.78 is 36.1. The van der Waals surface area contributed by atoms with E-state index in [4.69, 9.17) is 0 Å². The predicted molar refractivity (Wildman–Crippen MR) is 54.6 cm³/mol. The normalized spacial score (nSPS) is 13.4. The number of rotatable bonds is 3. The summed E-state index contributed by atoms with van der Waals surface area (Å²) in [6.07, 6.45) is -3.96. The molecule has 1 unspecified atom stereocenters. The van der Waals surface area contributed by atoms with Crippen molar-refractivity contribution in [3.8, 4) is 0 Å². The Morgan fingerprint density at radius 1 is 1.21 bits per heavy atom. The fourth-order valence-corrected chi connectivity index (χ4v) is 3.56. The summed E-state index contributed by atoms with van der Waals surface area (Å²) in [5, 5.41) is 0. The molecule has 0 saturated carbocycles. The quantitative estimate of drug-likeness (QED) is 0.741. The van der Waals surface area contributed by atoms with Crippen molar-refractivity contribution in [2.45, 2.75) is 16.6 Å². The summed E-state index contributed by atoms with van der Waals surface area (Å²) in [4.78, 5) is 0. The van der Waals surface area contributed by atoms with Crippen LogP contribution in [0, 0.1) is 0 Å². The van der Waals surface area contributed by atoms with Crippen LogP contribution in [0.25, 0.3) is 0 Å². The van der Waals surface area contributed by atoms with Crippen LogP contribution in [0.5, 0.6) is 0 Å². The van der Waals surface area contributed by atoms with Gasteiger partial charge in [0.05, 0.1) is 0 Å². The van der Waals surface area contributed by atoms with Crippen LogP contribution in [0.1, 0.15) is 5.56 Å². The first-order chi connectivity index (χ1) is 6.54. The molecule has 1 aromatic carbocycles. The van der Waals surface area contributed by atoms with Crippen LogP contribution in [0.15, 0.2) is 30.3 Å². The van der Waals surface area contributed by atoms with Gasteiger partial charge in [-0.1, -0.05) is 30.3 Å². The molecule has 14 heavy (non-hydrogen) atoms. The van der Waals surface area contributed by atoms with E-state index in [2.05, 4.69) is 12.9 Å². The van der Waals surface area contributed by atoms with Gasteiger partial charge < -0.3 is 12.9 Å². The average Bonchev–Trinajstić information content (AvgIpc) is 2.14. The van der Waals surface area contributed by atoms with E-state index in [1.54, 1.807) is 30.3 Å². The van der Waals surface area contributed by atoms with Crippen molar-refractivity contribution >= 4 is 31.1 Å². The van der Waals surface area contributed by atoms with E-state index in [1.807, 2.05) is 0 Å². The van der Waals surface area contributed by atoms with Gasteiger partial charge in [0.25, 0.3) is 0 Å². The minimum Gasteiger partial charge on any atom is -0.306 e. The topological polar surface area (TPSA) is 0 Å². The van der Waals surface area contributed by atoms with Gasteiger partial charge >= 0.3 is 24.4 Å². The maximum absolute atomic E-state index is 12.4. The lowest BCUT2D eigenvalue weighted by molar-refractivity contribution is -0.132. The minimum atomic E-state index is -4.06. The SMILES string of the molecule is FC(F)(F)[CH](Cc1ccccc1)[Mg][Br]. The smallest absolute Gasteiger partial charge is 0.306 e. The summed E-state index contributed by atoms with van der Waals surface area (Å²) in [6, 6.07) is 8.79. The van der Waals surface area contributed by atoms with Gasteiger partial charge in [-0.05, 0) is 16.0 Å². The first kappa shape index (κ1) is 12.3. The Labute approximate surface area is 96.5 Å². The zero-order valence-electron chi connectivity index (χ0n) is 7.39. The summed E-state index contributed by atoms with van der Waals surface area (Å²) in [5.74, 6) is 0. The van der Waals surface area contributed by atoms with E-state index in [-0.39, 0.29) is 6.42 Å². The fourth-order valence-electron chi connectivity index (χ4n) is 1.16. The Kier molecular flexibility index (Phi) is 4.73. The lowest BCUT2D eigenvalue weighted by atomic mass is 10.1. The monoisotopic (exact) mass is 276 g/mol. The molecule has 0 aromatic heterocycles. The number of benzene rings is 1. The summed E-state index contributed by atoms with van der Waals surface area (Å²) >= 11 is 1.80. The van der Waals surface area contributed by atoms with Gasteiger partial charge in [0.1, 0.15) is 0 Å². The highest BCUT2D eigenvalue weighted by Crippen LogP contribution is 2.34. The Morgan fingerprint density at radius 3 is 2.21 bits per heavy atom. The molecule has 0 aliphatic carbocycles. The van der Waals surface area contributed by atoms with Gasteiger partial charge in [-0.15, -0.1) is 0 Å². The molecule has 0 N–H and O–H groups in total. The molecular weight excluding hydrogens is 269 g/mol. The predicted octanol–water partition coefficient (Wildman–Crippen LogP) is 3.59. The molecule has 74 valence electrons. The molecule has 1 aromatic rings. The molecule has 0 nitrogen and oxygen atoms in total. The molecule has 0 bridgehead atoms. The molecular formula is C9H8BrF3Mg. The molecule has 0 amide bonds. The molecule has 0 heterocycles. The van der Waals surface area contributed by atoms with Crippen LogP contribution in [-0.4, -0.2) is 24.4 Å². The van der Waals surface area contributed by atoms with Gasteiger partial charge in [0.15, 0.2) is 0 Å². The lowest BCUT2D eigenvalue weighted by Gasteiger charge is -2.17. The Hall–Kier alpha value is 0.256. The van der Waals surface area contributed by atoms with Crippen LogP contribution in [0.3, 0.4) is 0 Å². The van der Waals surface area contributed by atoms with Crippen LogP contribution in [0.2, 0.25) is 4.05 Å².